The van der Waals surface area contributed by atoms with Gasteiger partial charge in [0.05, 0.1) is 32.1 Å². The molecule has 0 bridgehead atoms. The number of carbonyl (C=O) groups is 1. The van der Waals surface area contributed by atoms with Crippen molar-refractivity contribution in [2.75, 3.05) is 49.6 Å². The van der Waals surface area contributed by atoms with Gasteiger partial charge < -0.3 is 25.8 Å². The lowest BCUT2D eigenvalue weighted by Crippen LogP contribution is -2.36. The van der Waals surface area contributed by atoms with Crippen LogP contribution in [0.15, 0.2) is 54.6 Å². The standard InChI is InChI=1S/C23H25N5O3.C8H19N/c24-14-22(30)25-19-6-2-5-18(12-19)23-26-20(17-4-1-3-16(11-17)15-29)13-21(27-23)28-7-9-31-10-8-28;1-6-9(7(2)3)8(4)5/h1-6,11-13,29H,7-10,14-15,24H2,(H,25,30);7-8H,6H2,1-5H3. The van der Waals surface area contributed by atoms with E-state index in [1.54, 1.807) is 6.07 Å². The fourth-order valence-corrected chi connectivity index (χ4v) is 4.77. The monoisotopic (exact) mass is 548 g/mol. The summed E-state index contributed by atoms with van der Waals surface area (Å²) >= 11 is 0. The summed E-state index contributed by atoms with van der Waals surface area (Å²) in [5, 5.41) is 12.3. The zero-order valence-electron chi connectivity index (χ0n) is 24.4. The van der Waals surface area contributed by atoms with E-state index in [1.807, 2.05) is 48.5 Å². The van der Waals surface area contributed by atoms with Crippen LogP contribution in [0.4, 0.5) is 11.5 Å². The molecule has 4 rings (SSSR count). The smallest absolute Gasteiger partial charge is 0.238 e. The molecule has 1 saturated heterocycles. The third-order valence-corrected chi connectivity index (χ3v) is 6.73. The largest absolute Gasteiger partial charge is 0.392 e. The van der Waals surface area contributed by atoms with Gasteiger partial charge in [0.2, 0.25) is 5.91 Å². The number of aliphatic hydroxyl groups is 1. The second-order valence-electron chi connectivity index (χ2n) is 10.2. The second kappa shape index (κ2) is 15.4. The summed E-state index contributed by atoms with van der Waals surface area (Å²) in [4.78, 5) is 25.9. The summed E-state index contributed by atoms with van der Waals surface area (Å²) in [6, 6.07) is 18.4. The molecule has 4 N–H and O–H groups in total. The van der Waals surface area contributed by atoms with Crippen molar-refractivity contribution >= 4 is 17.4 Å². The first kappa shape index (κ1) is 31.2. The first-order chi connectivity index (χ1) is 19.2. The Kier molecular flexibility index (Phi) is 12.0. The molecular weight excluding hydrogens is 504 g/mol. The molecule has 0 aliphatic carbocycles. The molecule has 1 fully saturated rings. The fraction of sp³-hybridized carbons (Fsp3) is 0.452. The quantitative estimate of drug-likeness (QED) is 0.365. The molecule has 40 heavy (non-hydrogen) atoms. The van der Waals surface area contributed by atoms with Gasteiger partial charge in [-0.05, 0) is 58.0 Å². The van der Waals surface area contributed by atoms with E-state index in [0.717, 1.165) is 47.8 Å². The number of aromatic nitrogens is 2. The molecule has 0 spiro atoms. The number of anilines is 2. The van der Waals surface area contributed by atoms with E-state index < -0.39 is 0 Å². The second-order valence-corrected chi connectivity index (χ2v) is 10.2. The maximum absolute atomic E-state index is 11.7. The highest BCUT2D eigenvalue weighted by molar-refractivity contribution is 5.92. The lowest BCUT2D eigenvalue weighted by molar-refractivity contribution is -0.114. The molecule has 0 atom stereocenters. The van der Waals surface area contributed by atoms with Gasteiger partial charge in [0.1, 0.15) is 5.82 Å². The number of aliphatic hydroxyl groups excluding tert-OH is 1. The lowest BCUT2D eigenvalue weighted by Gasteiger charge is -2.28. The summed E-state index contributed by atoms with van der Waals surface area (Å²) in [5.41, 5.74) is 9.31. The molecule has 0 unspecified atom stereocenters. The van der Waals surface area contributed by atoms with Crippen LogP contribution < -0.4 is 16.0 Å². The van der Waals surface area contributed by atoms with Gasteiger partial charge in [-0.25, -0.2) is 9.97 Å². The van der Waals surface area contributed by atoms with Gasteiger partial charge in [0, 0.05) is 48.1 Å². The Morgan fingerprint density at radius 2 is 1.70 bits per heavy atom. The van der Waals surface area contributed by atoms with E-state index in [9.17, 15) is 9.90 Å². The van der Waals surface area contributed by atoms with E-state index in [-0.39, 0.29) is 19.1 Å². The van der Waals surface area contributed by atoms with Crippen LogP contribution in [0.2, 0.25) is 0 Å². The Labute approximate surface area is 238 Å². The number of nitrogens with two attached hydrogens (primary N) is 1. The fourth-order valence-electron chi connectivity index (χ4n) is 4.77. The van der Waals surface area contributed by atoms with Gasteiger partial charge >= 0.3 is 0 Å². The third kappa shape index (κ3) is 8.82. The third-order valence-electron chi connectivity index (χ3n) is 6.73. The van der Waals surface area contributed by atoms with E-state index in [0.29, 0.717) is 36.8 Å². The Morgan fingerprint density at radius 1 is 1.02 bits per heavy atom. The molecule has 1 aromatic heterocycles. The molecule has 0 radical (unpaired) electrons. The number of amides is 1. The summed E-state index contributed by atoms with van der Waals surface area (Å²) in [6.07, 6.45) is 0. The average Bonchev–Trinajstić information content (AvgIpc) is 2.97. The Morgan fingerprint density at radius 3 is 2.30 bits per heavy atom. The van der Waals surface area contributed by atoms with Gasteiger partial charge in [0.25, 0.3) is 0 Å². The first-order valence-corrected chi connectivity index (χ1v) is 14.0. The molecule has 1 amide bonds. The molecule has 3 aromatic rings. The minimum absolute atomic E-state index is 0.0367. The van der Waals surface area contributed by atoms with Crippen molar-refractivity contribution in [1.82, 2.24) is 14.9 Å². The zero-order valence-corrected chi connectivity index (χ0v) is 24.4. The number of nitrogens with zero attached hydrogens (tertiary/aromatic N) is 4. The highest BCUT2D eigenvalue weighted by Crippen LogP contribution is 2.28. The summed E-state index contributed by atoms with van der Waals surface area (Å²) in [6.45, 7) is 15.0. The Balaban J connectivity index is 0.000000424. The van der Waals surface area contributed by atoms with Crippen molar-refractivity contribution in [2.24, 2.45) is 5.73 Å². The van der Waals surface area contributed by atoms with Crippen LogP contribution >= 0.6 is 0 Å². The molecule has 1 aliphatic heterocycles. The lowest BCUT2D eigenvalue weighted by atomic mass is 10.1. The highest BCUT2D eigenvalue weighted by atomic mass is 16.5. The molecule has 9 heteroatoms. The van der Waals surface area contributed by atoms with Crippen molar-refractivity contribution in [1.29, 1.82) is 0 Å². The van der Waals surface area contributed by atoms with Crippen molar-refractivity contribution in [3.05, 3.63) is 60.2 Å². The van der Waals surface area contributed by atoms with Crippen LogP contribution in [0.3, 0.4) is 0 Å². The number of hydrogen-bond donors (Lipinski definition) is 3. The highest BCUT2D eigenvalue weighted by Gasteiger charge is 2.17. The van der Waals surface area contributed by atoms with Crippen LogP contribution in [0.5, 0.6) is 0 Å². The van der Waals surface area contributed by atoms with Gasteiger partial charge in [0.15, 0.2) is 5.82 Å². The van der Waals surface area contributed by atoms with E-state index in [1.165, 1.54) is 0 Å². The molecule has 9 nitrogen and oxygen atoms in total. The predicted octanol–water partition coefficient (Wildman–Crippen LogP) is 4.16. The number of morpholine rings is 1. The molecule has 0 saturated carbocycles. The van der Waals surface area contributed by atoms with Gasteiger partial charge in [-0.3, -0.25) is 9.69 Å². The maximum atomic E-state index is 11.7. The Bertz CT molecular complexity index is 1220. The van der Waals surface area contributed by atoms with Crippen molar-refractivity contribution in [2.45, 2.75) is 53.3 Å². The minimum Gasteiger partial charge on any atom is -0.392 e. The summed E-state index contributed by atoms with van der Waals surface area (Å²) in [7, 11) is 0. The number of rotatable bonds is 9. The zero-order chi connectivity index (χ0) is 29.1. The van der Waals surface area contributed by atoms with Gasteiger partial charge in [-0.2, -0.15) is 0 Å². The van der Waals surface area contributed by atoms with E-state index >= 15 is 0 Å². The summed E-state index contributed by atoms with van der Waals surface area (Å²) < 4.78 is 5.48. The first-order valence-electron chi connectivity index (χ1n) is 14.0. The van der Waals surface area contributed by atoms with Crippen molar-refractivity contribution in [3.8, 4) is 22.6 Å². The van der Waals surface area contributed by atoms with Crippen molar-refractivity contribution < 1.29 is 14.6 Å². The normalized spacial score (nSPS) is 13.4. The van der Waals surface area contributed by atoms with Gasteiger partial charge in [-0.1, -0.05) is 37.3 Å². The van der Waals surface area contributed by atoms with Crippen LogP contribution in [-0.4, -0.2) is 77.4 Å². The minimum atomic E-state index is -0.262. The molecule has 216 valence electrons. The predicted molar refractivity (Wildman–Crippen MR) is 162 cm³/mol. The average molecular weight is 549 g/mol. The van der Waals surface area contributed by atoms with Crippen LogP contribution in [0.1, 0.15) is 40.2 Å². The summed E-state index contributed by atoms with van der Waals surface area (Å²) in [5.74, 6) is 1.10. The van der Waals surface area contributed by atoms with Crippen LogP contribution in [0.25, 0.3) is 22.6 Å². The molecule has 1 aliphatic rings. The van der Waals surface area contributed by atoms with Crippen LogP contribution in [-0.2, 0) is 16.1 Å². The van der Waals surface area contributed by atoms with Crippen molar-refractivity contribution in [3.63, 3.8) is 0 Å². The van der Waals surface area contributed by atoms with Gasteiger partial charge in [-0.15, -0.1) is 0 Å². The van der Waals surface area contributed by atoms with E-state index in [4.69, 9.17) is 20.4 Å². The SMILES string of the molecule is CCN(C(C)C)C(C)C.NCC(=O)Nc1cccc(-c2nc(-c3cccc(CO)c3)cc(N3CCOCC3)n2)c1. The molecular formula is C31H44N6O3. The molecule has 2 aromatic carbocycles. The molecule has 2 heterocycles. The number of hydrogen-bond acceptors (Lipinski definition) is 8. The number of carbonyl (C=O) groups excluding carboxylic acids is 1. The number of ether oxygens (including phenoxy) is 1. The van der Waals surface area contributed by atoms with Crippen LogP contribution in [0, 0.1) is 0 Å². The maximum Gasteiger partial charge on any atom is 0.238 e. The number of nitrogens with one attached hydrogen (secondary N) is 1. The number of benzene rings is 2. The Hall–Kier alpha value is -3.37. The topological polar surface area (TPSA) is 117 Å². The van der Waals surface area contributed by atoms with E-state index in [2.05, 4.69) is 49.7 Å².